The van der Waals surface area contributed by atoms with Gasteiger partial charge in [0.05, 0.1) is 5.52 Å². The molecule has 0 unspecified atom stereocenters. The van der Waals surface area contributed by atoms with Gasteiger partial charge in [-0.3, -0.25) is 19.6 Å². The maximum absolute atomic E-state index is 12.5. The first-order valence-corrected chi connectivity index (χ1v) is 8.96. The molecule has 4 amide bonds. The zero-order chi connectivity index (χ0) is 18.1. The van der Waals surface area contributed by atoms with Gasteiger partial charge in [0.1, 0.15) is 5.54 Å². The Hall–Kier alpha value is -2.90. The highest BCUT2D eigenvalue weighted by Gasteiger charge is 2.51. The maximum Gasteiger partial charge on any atom is 0.325 e. The predicted octanol–water partition coefficient (Wildman–Crippen LogP) is 1.55. The zero-order valence-corrected chi connectivity index (χ0v) is 14.4. The van der Waals surface area contributed by atoms with Gasteiger partial charge in [0.2, 0.25) is 0 Å². The minimum atomic E-state index is -0.672. The van der Waals surface area contributed by atoms with Crippen molar-refractivity contribution in [2.24, 2.45) is 0 Å². The number of para-hydroxylation sites is 1. The molecule has 1 aromatic heterocycles. The molecule has 1 aromatic carbocycles. The topological polar surface area (TPSA) is 107 Å². The fourth-order valence-corrected chi connectivity index (χ4v) is 3.86. The molecular weight excluding hydrogens is 334 g/mol. The van der Waals surface area contributed by atoms with E-state index in [1.807, 2.05) is 24.3 Å². The number of urea groups is 1. The third-order valence-corrected chi connectivity index (χ3v) is 5.23. The summed E-state index contributed by atoms with van der Waals surface area (Å²) >= 11 is 0. The lowest BCUT2D eigenvalue weighted by Gasteiger charge is -2.20. The Bertz CT molecular complexity index is 869. The Labute approximate surface area is 150 Å². The molecule has 2 aromatic rings. The molecule has 0 atom stereocenters. The van der Waals surface area contributed by atoms with Crippen molar-refractivity contribution in [3.8, 4) is 0 Å². The van der Waals surface area contributed by atoms with Crippen LogP contribution in [0.15, 0.2) is 24.3 Å². The first-order chi connectivity index (χ1) is 12.6. The molecule has 2 heterocycles. The van der Waals surface area contributed by atoms with E-state index in [4.69, 9.17) is 0 Å². The summed E-state index contributed by atoms with van der Waals surface area (Å²) in [4.78, 5) is 38.2. The van der Waals surface area contributed by atoms with Crippen LogP contribution in [0, 0.1) is 0 Å². The van der Waals surface area contributed by atoms with Crippen LogP contribution in [0.2, 0.25) is 0 Å². The van der Waals surface area contributed by atoms with E-state index in [9.17, 15) is 14.4 Å². The Morgan fingerprint density at radius 3 is 2.81 bits per heavy atom. The van der Waals surface area contributed by atoms with Gasteiger partial charge in [-0.15, -0.1) is 0 Å². The number of nitrogens with one attached hydrogen (secondary N) is 3. The van der Waals surface area contributed by atoms with Gasteiger partial charge in [0.15, 0.2) is 5.69 Å². The molecule has 0 bridgehead atoms. The SMILES string of the molecule is O=C(NCCCN1C(=O)NC2(CCCC2)C1=O)c1n[nH]c2ccccc12. The first kappa shape index (κ1) is 16.6. The fraction of sp³-hybridized carbons (Fsp3) is 0.444. The summed E-state index contributed by atoms with van der Waals surface area (Å²) in [6.07, 6.45) is 3.87. The van der Waals surface area contributed by atoms with Gasteiger partial charge in [0.25, 0.3) is 11.8 Å². The number of nitrogens with zero attached hydrogens (tertiary/aromatic N) is 2. The van der Waals surface area contributed by atoms with E-state index >= 15 is 0 Å². The number of hydrogen-bond acceptors (Lipinski definition) is 4. The van der Waals surface area contributed by atoms with Gasteiger partial charge >= 0.3 is 6.03 Å². The summed E-state index contributed by atoms with van der Waals surface area (Å²) in [5, 5.41) is 13.3. The maximum atomic E-state index is 12.5. The standard InChI is InChI=1S/C18H21N5O3/c24-15(14-12-6-1-2-7-13(12)21-22-14)19-10-5-11-23-16(25)18(20-17(23)26)8-3-4-9-18/h1-2,6-7H,3-5,8-11H2,(H,19,24)(H,20,26)(H,21,22). The van der Waals surface area contributed by atoms with Gasteiger partial charge in [-0.1, -0.05) is 31.0 Å². The molecule has 26 heavy (non-hydrogen) atoms. The van der Waals surface area contributed by atoms with Gasteiger partial charge < -0.3 is 10.6 Å². The highest BCUT2D eigenvalue weighted by atomic mass is 16.2. The molecule has 2 aliphatic rings. The number of carbonyl (C=O) groups excluding carboxylic acids is 3. The Balaban J connectivity index is 1.31. The second-order valence-corrected chi connectivity index (χ2v) is 6.90. The predicted molar refractivity (Wildman–Crippen MR) is 94.5 cm³/mol. The second kappa shape index (κ2) is 6.44. The summed E-state index contributed by atoms with van der Waals surface area (Å²) in [6, 6.07) is 7.10. The molecule has 1 aliphatic heterocycles. The quantitative estimate of drug-likeness (QED) is 0.559. The minimum absolute atomic E-state index is 0.121. The number of imide groups is 1. The lowest BCUT2D eigenvalue weighted by molar-refractivity contribution is -0.131. The van der Waals surface area contributed by atoms with Crippen LogP contribution in [0.1, 0.15) is 42.6 Å². The average Bonchev–Trinajstić information content (AvgIpc) is 3.33. The molecule has 1 saturated heterocycles. The fourth-order valence-electron chi connectivity index (χ4n) is 3.86. The van der Waals surface area contributed by atoms with E-state index in [0.29, 0.717) is 25.2 Å². The molecule has 3 N–H and O–H groups in total. The van der Waals surface area contributed by atoms with Crippen LogP contribution in [0.3, 0.4) is 0 Å². The van der Waals surface area contributed by atoms with E-state index in [2.05, 4.69) is 20.8 Å². The van der Waals surface area contributed by atoms with Crippen molar-refractivity contribution < 1.29 is 14.4 Å². The molecule has 1 saturated carbocycles. The van der Waals surface area contributed by atoms with Crippen molar-refractivity contribution in [2.75, 3.05) is 13.1 Å². The van der Waals surface area contributed by atoms with Crippen molar-refractivity contribution in [3.63, 3.8) is 0 Å². The average molecular weight is 355 g/mol. The molecule has 4 rings (SSSR count). The summed E-state index contributed by atoms with van der Waals surface area (Å²) in [5.74, 6) is -0.392. The number of H-pyrrole nitrogens is 1. The van der Waals surface area contributed by atoms with E-state index in [0.717, 1.165) is 36.6 Å². The number of hydrogen-bond donors (Lipinski definition) is 3. The summed E-state index contributed by atoms with van der Waals surface area (Å²) in [7, 11) is 0. The molecule has 1 aliphatic carbocycles. The Morgan fingerprint density at radius 1 is 1.23 bits per heavy atom. The van der Waals surface area contributed by atoms with Gasteiger partial charge in [0, 0.05) is 18.5 Å². The number of aromatic nitrogens is 2. The minimum Gasteiger partial charge on any atom is -0.351 e. The lowest BCUT2D eigenvalue weighted by atomic mass is 9.98. The highest BCUT2D eigenvalue weighted by Crippen LogP contribution is 2.34. The van der Waals surface area contributed by atoms with Crippen LogP contribution in [0.5, 0.6) is 0 Å². The largest absolute Gasteiger partial charge is 0.351 e. The number of fused-ring (bicyclic) bond motifs is 1. The van der Waals surface area contributed by atoms with E-state index < -0.39 is 5.54 Å². The molecule has 1 spiro atoms. The van der Waals surface area contributed by atoms with Crippen molar-refractivity contribution in [3.05, 3.63) is 30.0 Å². The molecule has 0 radical (unpaired) electrons. The number of rotatable bonds is 5. The van der Waals surface area contributed by atoms with Crippen LogP contribution in [0.4, 0.5) is 4.79 Å². The third kappa shape index (κ3) is 2.71. The molecule has 8 heteroatoms. The molecule has 8 nitrogen and oxygen atoms in total. The first-order valence-electron chi connectivity index (χ1n) is 8.96. The smallest absolute Gasteiger partial charge is 0.325 e. The molecule has 2 fully saturated rings. The Morgan fingerprint density at radius 2 is 2.00 bits per heavy atom. The van der Waals surface area contributed by atoms with Crippen molar-refractivity contribution >= 4 is 28.7 Å². The molecular formula is C18H21N5O3. The lowest BCUT2D eigenvalue weighted by Crippen LogP contribution is -2.44. The molecule has 136 valence electrons. The van der Waals surface area contributed by atoms with Gasteiger partial charge in [-0.05, 0) is 25.3 Å². The van der Waals surface area contributed by atoms with E-state index in [1.54, 1.807) is 0 Å². The number of aromatic amines is 1. The summed E-state index contributed by atoms with van der Waals surface area (Å²) < 4.78 is 0. The van der Waals surface area contributed by atoms with Crippen molar-refractivity contribution in [1.29, 1.82) is 0 Å². The van der Waals surface area contributed by atoms with Crippen LogP contribution < -0.4 is 10.6 Å². The van der Waals surface area contributed by atoms with Crippen molar-refractivity contribution in [1.82, 2.24) is 25.7 Å². The number of benzene rings is 1. The van der Waals surface area contributed by atoms with Crippen molar-refractivity contribution in [2.45, 2.75) is 37.6 Å². The van der Waals surface area contributed by atoms with Crippen LogP contribution >= 0.6 is 0 Å². The Kier molecular flexibility index (Phi) is 4.10. The zero-order valence-electron chi connectivity index (χ0n) is 14.4. The number of carbonyl (C=O) groups is 3. The second-order valence-electron chi connectivity index (χ2n) is 6.90. The normalized spacial score (nSPS) is 18.7. The van der Waals surface area contributed by atoms with Crippen LogP contribution in [-0.2, 0) is 4.79 Å². The summed E-state index contributed by atoms with van der Waals surface area (Å²) in [5.41, 5.74) is 0.480. The van der Waals surface area contributed by atoms with Crippen LogP contribution in [-0.4, -0.2) is 51.6 Å². The van der Waals surface area contributed by atoms with Gasteiger partial charge in [-0.2, -0.15) is 5.10 Å². The van der Waals surface area contributed by atoms with E-state index in [1.165, 1.54) is 4.90 Å². The third-order valence-electron chi connectivity index (χ3n) is 5.23. The van der Waals surface area contributed by atoms with E-state index in [-0.39, 0.29) is 17.8 Å². The highest BCUT2D eigenvalue weighted by molar-refractivity contribution is 6.07. The number of amides is 4. The monoisotopic (exact) mass is 355 g/mol. The van der Waals surface area contributed by atoms with Gasteiger partial charge in [-0.25, -0.2) is 4.79 Å². The summed E-state index contributed by atoms with van der Waals surface area (Å²) in [6.45, 7) is 0.665. The van der Waals surface area contributed by atoms with Crippen LogP contribution in [0.25, 0.3) is 10.9 Å².